The smallest absolute Gasteiger partial charge is 0.214 e. The molecule has 1 fully saturated rings. The molecule has 1 spiro atoms. The van der Waals surface area contributed by atoms with Crippen LogP contribution >= 0.6 is 0 Å². The second-order valence-corrected chi connectivity index (χ2v) is 5.59. The summed E-state index contributed by atoms with van der Waals surface area (Å²) < 4.78 is 5.35. The molecule has 3 rings (SSSR count). The number of benzene rings is 1. The number of nitrogens with one attached hydrogen (secondary N) is 1. The van der Waals surface area contributed by atoms with Crippen LogP contribution in [-0.2, 0) is 30.6 Å². The van der Waals surface area contributed by atoms with Crippen molar-refractivity contribution >= 4 is 11.5 Å². The first-order valence-corrected chi connectivity index (χ1v) is 6.84. The van der Waals surface area contributed by atoms with E-state index in [2.05, 4.69) is 11.4 Å². The Kier molecular flexibility index (Phi) is 4.60. The fraction of sp³-hybridized carbons (Fsp3) is 0.438. The Balaban J connectivity index is 0.00000161. The number of methoxy groups -OCH3 is 1. The molecule has 2 N–H and O–H groups in total. The van der Waals surface area contributed by atoms with Crippen molar-refractivity contribution in [2.75, 3.05) is 7.11 Å². The van der Waals surface area contributed by atoms with Gasteiger partial charge in [0.15, 0.2) is 0 Å². The number of carbonyl (C=O) groups is 1. The zero-order valence-electron chi connectivity index (χ0n) is 12.1. The molecule has 0 bridgehead atoms. The van der Waals surface area contributed by atoms with Crippen LogP contribution in [0.1, 0.15) is 30.4 Å². The zero-order chi connectivity index (χ0) is 14.3. The number of amides is 1. The molecule has 2 atom stereocenters. The van der Waals surface area contributed by atoms with Gasteiger partial charge in [0, 0.05) is 40.2 Å². The third-order valence-electron chi connectivity index (χ3n) is 4.39. The van der Waals surface area contributed by atoms with Gasteiger partial charge in [-0.25, -0.2) is 0 Å². The van der Waals surface area contributed by atoms with Crippen molar-refractivity contribution in [3.63, 3.8) is 0 Å². The third-order valence-corrected chi connectivity index (χ3v) is 4.39. The van der Waals surface area contributed by atoms with Crippen LogP contribution < -0.4 is 5.32 Å². The summed E-state index contributed by atoms with van der Waals surface area (Å²) in [6, 6.07) is 8.60. The van der Waals surface area contributed by atoms with E-state index in [0.29, 0.717) is 24.0 Å². The minimum Gasteiger partial charge on any atom is -0.519 e. The van der Waals surface area contributed by atoms with Gasteiger partial charge in [0.05, 0.1) is 17.4 Å². The van der Waals surface area contributed by atoms with Crippen molar-refractivity contribution in [1.29, 1.82) is 0 Å². The Labute approximate surface area is 138 Å². The van der Waals surface area contributed by atoms with Gasteiger partial charge in [-0.15, -0.1) is 35.4 Å². The first kappa shape index (κ1) is 16.3. The van der Waals surface area contributed by atoms with Gasteiger partial charge in [-0.1, -0.05) is 6.92 Å². The molecule has 1 saturated carbocycles. The fourth-order valence-electron chi connectivity index (χ4n) is 3.24. The van der Waals surface area contributed by atoms with Crippen molar-refractivity contribution in [3.05, 3.63) is 41.2 Å². The summed E-state index contributed by atoms with van der Waals surface area (Å²) in [7, 11) is 1.66. The second kappa shape index (κ2) is 5.94. The van der Waals surface area contributed by atoms with Gasteiger partial charge >= 0.3 is 0 Å². The normalized spacial score (nSPS) is 27.9. The predicted molar refractivity (Wildman–Crippen MR) is 75.1 cm³/mol. The van der Waals surface area contributed by atoms with Crippen LogP contribution in [0.5, 0.6) is 0 Å². The average Bonchev–Trinajstić information content (AvgIpc) is 2.95. The maximum Gasteiger partial charge on any atom is 0.214 e. The molecular weight excluding hydrogens is 438 g/mol. The van der Waals surface area contributed by atoms with E-state index in [-0.39, 0.29) is 38.8 Å². The average molecular weight is 456 g/mol. The van der Waals surface area contributed by atoms with E-state index in [0.717, 1.165) is 12.0 Å². The Hall–Kier alpha value is -1.12. The first-order chi connectivity index (χ1) is 9.57. The number of carbonyl (C=O) groups excluding carboxylic acids is 1. The molecule has 112 valence electrons. The largest absolute Gasteiger partial charge is 0.519 e. The molecule has 1 amide bonds. The number of ether oxygens (including phenoxy) is 1. The predicted octanol–water partition coefficient (Wildman–Crippen LogP) is 2.13. The van der Waals surface area contributed by atoms with Crippen LogP contribution in [0, 0.1) is 13.0 Å². The van der Waals surface area contributed by atoms with Crippen molar-refractivity contribution in [3.8, 4) is 0 Å². The van der Waals surface area contributed by atoms with Gasteiger partial charge in [-0.05, 0) is 12.8 Å². The summed E-state index contributed by atoms with van der Waals surface area (Å²) in [6.45, 7) is 1.91. The van der Waals surface area contributed by atoms with Gasteiger partial charge in [0.1, 0.15) is 0 Å². The molecule has 5 heteroatoms. The van der Waals surface area contributed by atoms with Crippen molar-refractivity contribution < 1.29 is 35.7 Å². The minimum absolute atomic E-state index is 0. The number of hydrogen-bond acceptors (Lipinski definition) is 3. The van der Waals surface area contributed by atoms with Gasteiger partial charge in [-0.3, -0.25) is 4.79 Å². The van der Waals surface area contributed by atoms with E-state index in [1.54, 1.807) is 13.2 Å². The monoisotopic (exact) mass is 456 g/mol. The van der Waals surface area contributed by atoms with Gasteiger partial charge < -0.3 is 15.2 Å². The van der Waals surface area contributed by atoms with E-state index in [4.69, 9.17) is 4.74 Å². The molecule has 2 aliphatic rings. The molecule has 1 aliphatic heterocycles. The van der Waals surface area contributed by atoms with Crippen LogP contribution in [0.3, 0.4) is 0 Å². The second-order valence-electron chi connectivity index (χ2n) is 5.59. The molecule has 1 aliphatic carbocycles. The summed E-state index contributed by atoms with van der Waals surface area (Å²) in [5.41, 5.74) is 1.33. The molecule has 21 heavy (non-hydrogen) atoms. The molecule has 0 saturated heterocycles. The zero-order valence-corrected chi connectivity index (χ0v) is 15.0. The number of rotatable bonds is 2. The van der Waals surface area contributed by atoms with Crippen LogP contribution in [-0.4, -0.2) is 29.8 Å². The molecule has 1 aromatic rings. The van der Waals surface area contributed by atoms with Crippen LogP contribution in [0.4, 0.5) is 0 Å². The van der Waals surface area contributed by atoms with E-state index in [1.807, 2.05) is 19.1 Å². The van der Waals surface area contributed by atoms with Gasteiger partial charge in [0.2, 0.25) is 5.91 Å². The molecular formula is C16H18NO3W-. The summed E-state index contributed by atoms with van der Waals surface area (Å²) >= 11 is 0. The summed E-state index contributed by atoms with van der Waals surface area (Å²) in [5, 5.41) is 13.6. The standard InChI is InChI=1S/C16H18NO3.W/c1-10-5-3-4-6-12(10)13-14(18)16(17-15(13)19)8-7-11(9-16)20-2;/h3-5,11,18H,7-9H2,1-2H3,(H,17,19);/q-1;. The number of aliphatic hydroxyl groups is 1. The van der Waals surface area contributed by atoms with E-state index in [1.165, 1.54) is 0 Å². The van der Waals surface area contributed by atoms with E-state index >= 15 is 0 Å². The summed E-state index contributed by atoms with van der Waals surface area (Å²) in [6.07, 6.45) is 2.25. The number of aliphatic hydroxyl groups excluding tert-OH is 1. The van der Waals surface area contributed by atoms with Crippen molar-refractivity contribution in [2.45, 2.75) is 37.8 Å². The van der Waals surface area contributed by atoms with Gasteiger partial charge in [0.25, 0.3) is 0 Å². The Morgan fingerprint density at radius 1 is 1.52 bits per heavy atom. The molecule has 4 nitrogen and oxygen atoms in total. The molecule has 0 aromatic heterocycles. The van der Waals surface area contributed by atoms with Crippen LogP contribution in [0.15, 0.2) is 24.0 Å². The van der Waals surface area contributed by atoms with Crippen LogP contribution in [0.2, 0.25) is 0 Å². The van der Waals surface area contributed by atoms with Crippen LogP contribution in [0.25, 0.3) is 5.57 Å². The maximum absolute atomic E-state index is 12.3. The maximum atomic E-state index is 12.3. The topological polar surface area (TPSA) is 58.6 Å². The fourth-order valence-corrected chi connectivity index (χ4v) is 3.24. The Bertz CT molecular complexity index is 599. The summed E-state index contributed by atoms with van der Waals surface area (Å²) in [4.78, 5) is 12.3. The number of aryl methyl sites for hydroxylation is 1. The first-order valence-electron chi connectivity index (χ1n) is 6.84. The summed E-state index contributed by atoms with van der Waals surface area (Å²) in [5.74, 6) is -0.0718. The quantitative estimate of drug-likeness (QED) is 0.671. The van der Waals surface area contributed by atoms with Crippen molar-refractivity contribution in [1.82, 2.24) is 5.32 Å². The molecule has 1 aromatic carbocycles. The molecule has 2 unspecified atom stereocenters. The Morgan fingerprint density at radius 3 is 2.90 bits per heavy atom. The molecule has 0 radical (unpaired) electrons. The third kappa shape index (κ3) is 2.56. The van der Waals surface area contributed by atoms with E-state index in [9.17, 15) is 9.90 Å². The SMILES string of the molecule is COC1CCC2(C1)NC(=O)C(c1[c-]cccc1C)=C2O.[W]. The Morgan fingerprint density at radius 2 is 2.29 bits per heavy atom. The molecule has 1 heterocycles. The van der Waals surface area contributed by atoms with Crippen molar-refractivity contribution in [2.24, 2.45) is 0 Å². The van der Waals surface area contributed by atoms with Gasteiger partial charge in [-0.2, -0.15) is 0 Å². The number of hydrogen-bond donors (Lipinski definition) is 2. The van der Waals surface area contributed by atoms with E-state index < -0.39 is 5.54 Å². The minimum atomic E-state index is -0.650.